The maximum atomic E-state index is 8.39. The van der Waals surface area contributed by atoms with E-state index in [1.165, 1.54) is 0 Å². The molecule has 0 aliphatic rings. The summed E-state index contributed by atoms with van der Waals surface area (Å²) in [6.07, 6.45) is 2.02. The van der Waals surface area contributed by atoms with Crippen LogP contribution in [0.15, 0.2) is 0 Å². The van der Waals surface area contributed by atoms with Gasteiger partial charge in [-0.25, -0.2) is 0 Å². The van der Waals surface area contributed by atoms with E-state index in [9.17, 15) is 0 Å². The molecule has 1 nitrogen and oxygen atoms in total. The summed E-state index contributed by atoms with van der Waals surface area (Å²) in [6, 6.07) is 0. The highest BCUT2D eigenvalue weighted by molar-refractivity contribution is 7.80. The summed E-state index contributed by atoms with van der Waals surface area (Å²) in [5.74, 6) is 1.59. The highest BCUT2D eigenvalue weighted by Crippen LogP contribution is 2.05. The van der Waals surface area contributed by atoms with Crippen LogP contribution in [-0.4, -0.2) is 17.5 Å². The Bertz CT molecular complexity index is 47.8. The van der Waals surface area contributed by atoms with Crippen molar-refractivity contribution in [3.63, 3.8) is 0 Å². The lowest BCUT2D eigenvalue weighted by atomic mass is 10.1. The Morgan fingerprint density at radius 3 is 2.62 bits per heavy atom. The Morgan fingerprint density at radius 2 is 2.25 bits per heavy atom. The summed E-state index contributed by atoms with van der Waals surface area (Å²) in [7, 11) is 0. The van der Waals surface area contributed by atoms with E-state index >= 15 is 0 Å². The summed E-state index contributed by atoms with van der Waals surface area (Å²) >= 11 is 4.11. The smallest absolute Gasteiger partial charge is 0.0431 e. The average Bonchev–Trinajstić information content (AvgIpc) is 1.83. The first-order chi connectivity index (χ1) is 3.81. The van der Waals surface area contributed by atoms with Crippen LogP contribution in [-0.2, 0) is 0 Å². The van der Waals surface area contributed by atoms with Gasteiger partial charge in [-0.3, -0.25) is 0 Å². The van der Waals surface area contributed by atoms with Gasteiger partial charge < -0.3 is 5.11 Å². The first-order valence-electron chi connectivity index (χ1n) is 3.03. The second-order valence-corrected chi connectivity index (χ2v) is 2.52. The Balaban J connectivity index is 2.86. The molecule has 0 saturated heterocycles. The maximum Gasteiger partial charge on any atom is 0.0431 e. The molecule has 0 aromatic carbocycles. The Kier molecular flexibility index (Phi) is 5.66. The monoisotopic (exact) mass is 134 g/mol. The van der Waals surface area contributed by atoms with E-state index in [0.717, 1.165) is 18.6 Å². The predicted molar refractivity (Wildman–Crippen MR) is 39.3 cm³/mol. The summed E-state index contributed by atoms with van der Waals surface area (Å²) in [4.78, 5) is 0. The van der Waals surface area contributed by atoms with Crippen LogP contribution in [0.5, 0.6) is 0 Å². The van der Waals surface area contributed by atoms with E-state index in [2.05, 4.69) is 19.6 Å². The molecule has 8 heavy (non-hydrogen) atoms. The number of aliphatic hydroxyl groups is 1. The molecule has 0 spiro atoms. The van der Waals surface area contributed by atoms with Crippen LogP contribution < -0.4 is 0 Å². The van der Waals surface area contributed by atoms with Crippen LogP contribution in [0.2, 0.25) is 0 Å². The minimum absolute atomic E-state index is 0.318. The zero-order chi connectivity index (χ0) is 6.41. The van der Waals surface area contributed by atoms with E-state index in [1.54, 1.807) is 0 Å². The molecule has 0 heterocycles. The molecule has 0 aromatic rings. The van der Waals surface area contributed by atoms with Gasteiger partial charge in [0.1, 0.15) is 0 Å². The number of aliphatic hydroxyl groups excluding tert-OH is 1. The number of rotatable bonds is 4. The molecule has 50 valence electrons. The molecule has 0 rings (SSSR count). The van der Waals surface area contributed by atoms with Crippen molar-refractivity contribution in [3.8, 4) is 0 Å². The average molecular weight is 134 g/mol. The molecule has 0 bridgehead atoms. The molecule has 0 radical (unpaired) electrons. The third-order valence-corrected chi connectivity index (χ3v) is 1.79. The summed E-state index contributed by atoms with van der Waals surface area (Å²) < 4.78 is 0. The highest BCUT2D eigenvalue weighted by atomic mass is 32.1. The van der Waals surface area contributed by atoms with Crippen molar-refractivity contribution in [2.24, 2.45) is 5.92 Å². The molecule has 0 amide bonds. The van der Waals surface area contributed by atoms with Gasteiger partial charge >= 0.3 is 0 Å². The topological polar surface area (TPSA) is 20.2 Å². The molecule has 0 saturated carbocycles. The first-order valence-corrected chi connectivity index (χ1v) is 3.66. The van der Waals surface area contributed by atoms with Crippen molar-refractivity contribution in [2.75, 3.05) is 12.4 Å². The second-order valence-electron chi connectivity index (χ2n) is 2.15. The Hall–Kier alpha value is 0.310. The summed E-state index contributed by atoms with van der Waals surface area (Å²) in [5, 5.41) is 8.39. The fourth-order valence-corrected chi connectivity index (χ4v) is 0.714. The quantitative estimate of drug-likeness (QED) is 0.556. The minimum Gasteiger partial charge on any atom is -0.396 e. The first kappa shape index (κ1) is 8.31. The number of thiol groups is 1. The Labute approximate surface area is 56.5 Å². The van der Waals surface area contributed by atoms with Gasteiger partial charge in [0.25, 0.3) is 0 Å². The molecule has 0 aliphatic heterocycles. The van der Waals surface area contributed by atoms with Crippen molar-refractivity contribution < 1.29 is 5.11 Å². The minimum atomic E-state index is 0.318. The third kappa shape index (κ3) is 4.47. The van der Waals surface area contributed by atoms with E-state index in [4.69, 9.17) is 5.11 Å². The molecule has 2 heteroatoms. The second kappa shape index (κ2) is 5.45. The molecule has 0 fully saturated rings. The van der Waals surface area contributed by atoms with Gasteiger partial charge in [0.05, 0.1) is 0 Å². The van der Waals surface area contributed by atoms with Gasteiger partial charge in [0, 0.05) is 6.61 Å². The molecule has 1 atom stereocenters. The lowest BCUT2D eigenvalue weighted by molar-refractivity contribution is 0.276. The van der Waals surface area contributed by atoms with Crippen molar-refractivity contribution in [1.29, 1.82) is 0 Å². The van der Waals surface area contributed by atoms with E-state index < -0.39 is 0 Å². The van der Waals surface area contributed by atoms with Crippen LogP contribution in [0.1, 0.15) is 19.8 Å². The predicted octanol–water partition coefficient (Wildman–Crippen LogP) is 1.32. The van der Waals surface area contributed by atoms with Gasteiger partial charge in [0.2, 0.25) is 0 Å². The number of hydrogen-bond acceptors (Lipinski definition) is 2. The molecular formula is C6H14OS. The van der Waals surface area contributed by atoms with Gasteiger partial charge in [-0.15, -0.1) is 0 Å². The van der Waals surface area contributed by atoms with Crippen molar-refractivity contribution in [2.45, 2.75) is 19.8 Å². The van der Waals surface area contributed by atoms with Crippen LogP contribution in [0.25, 0.3) is 0 Å². The fourth-order valence-electron chi connectivity index (χ4n) is 0.531. The van der Waals surface area contributed by atoms with E-state index in [0.29, 0.717) is 12.5 Å². The van der Waals surface area contributed by atoms with Gasteiger partial charge in [-0.1, -0.05) is 6.92 Å². The van der Waals surface area contributed by atoms with Crippen molar-refractivity contribution in [3.05, 3.63) is 0 Å². The number of hydrogen-bond donors (Lipinski definition) is 2. The van der Waals surface area contributed by atoms with Crippen molar-refractivity contribution >= 4 is 12.6 Å². The zero-order valence-electron chi connectivity index (χ0n) is 5.30. The molecule has 1 unspecified atom stereocenters. The fraction of sp³-hybridized carbons (Fsp3) is 1.00. The van der Waals surface area contributed by atoms with Gasteiger partial charge in [-0.05, 0) is 24.5 Å². The molecule has 1 N–H and O–H groups in total. The van der Waals surface area contributed by atoms with Crippen LogP contribution in [0.3, 0.4) is 0 Å². The largest absolute Gasteiger partial charge is 0.396 e. The van der Waals surface area contributed by atoms with Crippen LogP contribution >= 0.6 is 12.6 Å². The zero-order valence-corrected chi connectivity index (χ0v) is 6.19. The standard InChI is InChI=1S/C6H14OS/c1-6(5-8)3-2-4-7/h6-8H,2-5H2,1H3. The van der Waals surface area contributed by atoms with Crippen molar-refractivity contribution in [1.82, 2.24) is 0 Å². The van der Waals surface area contributed by atoms with Crippen LogP contribution in [0, 0.1) is 5.92 Å². The Morgan fingerprint density at radius 1 is 1.62 bits per heavy atom. The SMILES string of the molecule is CC(CS)CCCO. The molecule has 0 aromatic heterocycles. The van der Waals surface area contributed by atoms with Gasteiger partial charge in [-0.2, -0.15) is 12.6 Å². The summed E-state index contributed by atoms with van der Waals surface area (Å²) in [6.45, 7) is 2.46. The van der Waals surface area contributed by atoms with Gasteiger partial charge in [0.15, 0.2) is 0 Å². The van der Waals surface area contributed by atoms with E-state index in [-0.39, 0.29) is 0 Å². The normalized spacial score (nSPS) is 13.9. The lowest BCUT2D eigenvalue weighted by Crippen LogP contribution is -1.96. The molecular weight excluding hydrogens is 120 g/mol. The van der Waals surface area contributed by atoms with E-state index in [1.807, 2.05) is 0 Å². The molecule has 0 aliphatic carbocycles. The van der Waals surface area contributed by atoms with Crippen LogP contribution in [0.4, 0.5) is 0 Å². The maximum absolute atomic E-state index is 8.39. The highest BCUT2D eigenvalue weighted by Gasteiger charge is 1.95. The third-order valence-electron chi connectivity index (χ3n) is 1.17. The lowest BCUT2D eigenvalue weighted by Gasteiger charge is -2.03. The summed E-state index contributed by atoms with van der Waals surface area (Å²) in [5.41, 5.74) is 0.